The predicted octanol–water partition coefficient (Wildman–Crippen LogP) is 3.59. The third-order valence-electron chi connectivity index (χ3n) is 4.78. The Bertz CT molecular complexity index is 1570. The average Bonchev–Trinajstić information content (AvgIpc) is 3.40. The molecule has 0 unspecified atom stereocenters. The summed E-state index contributed by atoms with van der Waals surface area (Å²) in [7, 11) is 0. The topological polar surface area (TPSA) is 90.0 Å². The summed E-state index contributed by atoms with van der Waals surface area (Å²) in [4.78, 5) is 26.4. The fraction of sp³-hybridized carbons (Fsp3) is 0. The quantitative estimate of drug-likeness (QED) is 0.479. The first kappa shape index (κ1) is 16.8. The molecular weight excluding hydrogens is 398 g/mol. The minimum atomic E-state index is -0.238. The van der Waals surface area contributed by atoms with E-state index in [0.29, 0.717) is 27.6 Å². The van der Waals surface area contributed by atoms with Crippen LogP contribution in [0.1, 0.15) is 0 Å². The maximum Gasteiger partial charge on any atom is 0.280 e. The van der Waals surface area contributed by atoms with Crippen molar-refractivity contribution in [3.63, 3.8) is 0 Å². The van der Waals surface area contributed by atoms with E-state index < -0.39 is 0 Å². The first-order chi connectivity index (χ1) is 14.8. The van der Waals surface area contributed by atoms with Gasteiger partial charge in [0.25, 0.3) is 11.3 Å². The van der Waals surface area contributed by atoms with Gasteiger partial charge in [0, 0.05) is 18.0 Å². The van der Waals surface area contributed by atoms with E-state index in [1.165, 1.54) is 22.2 Å². The fourth-order valence-corrected chi connectivity index (χ4v) is 4.20. The lowest BCUT2D eigenvalue weighted by Crippen LogP contribution is -2.26. The fourth-order valence-electron chi connectivity index (χ4n) is 3.34. The highest BCUT2D eigenvalue weighted by atomic mass is 32.1. The van der Waals surface area contributed by atoms with Gasteiger partial charge in [-0.3, -0.25) is 10.2 Å². The van der Waals surface area contributed by atoms with Crippen molar-refractivity contribution in [2.45, 2.75) is 0 Å². The van der Waals surface area contributed by atoms with Crippen molar-refractivity contribution < 1.29 is 0 Å². The van der Waals surface area contributed by atoms with Crippen LogP contribution in [0.3, 0.4) is 0 Å². The van der Waals surface area contributed by atoms with Crippen molar-refractivity contribution in [1.29, 1.82) is 0 Å². The number of benzene rings is 2. The molecule has 0 spiro atoms. The molecule has 4 heterocycles. The van der Waals surface area contributed by atoms with E-state index >= 15 is 0 Å². The van der Waals surface area contributed by atoms with E-state index in [2.05, 4.69) is 25.5 Å². The van der Waals surface area contributed by atoms with Crippen molar-refractivity contribution >= 4 is 43.4 Å². The molecule has 1 N–H and O–H groups in total. The Kier molecular flexibility index (Phi) is 3.62. The summed E-state index contributed by atoms with van der Waals surface area (Å²) in [5.41, 5.74) is 5.25. The maximum absolute atomic E-state index is 13.0. The summed E-state index contributed by atoms with van der Waals surface area (Å²) >= 11 is 1.48. The van der Waals surface area contributed by atoms with E-state index in [9.17, 15) is 4.79 Å². The molecule has 30 heavy (non-hydrogen) atoms. The van der Waals surface area contributed by atoms with Crippen LogP contribution in [-0.4, -0.2) is 29.2 Å². The highest BCUT2D eigenvalue weighted by Crippen LogP contribution is 2.25. The van der Waals surface area contributed by atoms with E-state index in [1.807, 2.05) is 60.7 Å². The van der Waals surface area contributed by atoms with E-state index in [0.717, 1.165) is 15.8 Å². The van der Waals surface area contributed by atoms with Gasteiger partial charge < -0.3 is 0 Å². The summed E-state index contributed by atoms with van der Waals surface area (Å²) < 4.78 is 4.05. The van der Waals surface area contributed by atoms with Gasteiger partial charge in [0.1, 0.15) is 0 Å². The molecule has 144 valence electrons. The molecule has 0 aliphatic rings. The van der Waals surface area contributed by atoms with Gasteiger partial charge in [-0.15, -0.1) is 5.10 Å². The van der Waals surface area contributed by atoms with Crippen LogP contribution in [-0.2, 0) is 0 Å². The molecule has 0 fully saturated rings. The number of fused-ring (bicyclic) bond motifs is 4. The number of hydrogen-bond donors (Lipinski definition) is 1. The lowest BCUT2D eigenvalue weighted by Gasteiger charge is -2.07. The van der Waals surface area contributed by atoms with Crippen molar-refractivity contribution in [1.82, 2.24) is 29.2 Å². The molecule has 6 aromatic rings. The normalized spacial score (nSPS) is 11.5. The van der Waals surface area contributed by atoms with E-state index in [1.54, 1.807) is 10.7 Å². The molecule has 0 saturated heterocycles. The Hall–Kier alpha value is -4.11. The van der Waals surface area contributed by atoms with Crippen molar-refractivity contribution in [3.05, 3.63) is 83.4 Å². The summed E-state index contributed by atoms with van der Waals surface area (Å²) in [6.45, 7) is 0. The number of para-hydroxylation sites is 1. The van der Waals surface area contributed by atoms with Gasteiger partial charge in [-0.25, -0.2) is 14.6 Å². The molecule has 9 heteroatoms. The first-order valence-electron chi connectivity index (χ1n) is 9.21. The number of nitrogens with one attached hydrogen (secondary N) is 1. The second-order valence-electron chi connectivity index (χ2n) is 6.66. The van der Waals surface area contributed by atoms with Crippen molar-refractivity contribution in [3.8, 4) is 11.4 Å². The molecule has 0 atom stereocenters. The Morgan fingerprint density at radius 2 is 1.77 bits per heavy atom. The molecule has 2 aromatic carbocycles. The maximum atomic E-state index is 13.0. The monoisotopic (exact) mass is 411 g/mol. The third kappa shape index (κ3) is 2.64. The predicted molar refractivity (Wildman–Crippen MR) is 117 cm³/mol. The molecular formula is C21H13N7OS. The molecule has 0 saturated carbocycles. The summed E-state index contributed by atoms with van der Waals surface area (Å²) in [6.07, 6.45) is 3.20. The van der Waals surface area contributed by atoms with Gasteiger partial charge in [-0.1, -0.05) is 53.8 Å². The lowest BCUT2D eigenvalue weighted by atomic mass is 10.2. The lowest BCUT2D eigenvalue weighted by molar-refractivity contribution is 0.899. The second kappa shape index (κ2) is 6.46. The van der Waals surface area contributed by atoms with Gasteiger partial charge >= 0.3 is 0 Å². The van der Waals surface area contributed by atoms with Crippen LogP contribution in [0, 0.1) is 0 Å². The van der Waals surface area contributed by atoms with Crippen molar-refractivity contribution in [2.75, 3.05) is 5.43 Å². The molecule has 0 bridgehead atoms. The van der Waals surface area contributed by atoms with Crippen molar-refractivity contribution in [2.24, 2.45) is 0 Å². The molecule has 0 amide bonds. The van der Waals surface area contributed by atoms with Gasteiger partial charge in [-0.2, -0.15) is 9.50 Å². The van der Waals surface area contributed by atoms with Gasteiger partial charge in [0.2, 0.25) is 5.13 Å². The molecule has 6 rings (SSSR count). The zero-order valence-corrected chi connectivity index (χ0v) is 16.2. The number of thiazole rings is 1. The molecule has 0 radical (unpaired) electrons. The SMILES string of the molecule is O=c1c2cnc3nc(-c4ccccc4)nn3c2ccn1Nc1nc2ccccc2s1. The largest absolute Gasteiger partial charge is 0.280 e. The Balaban J connectivity index is 1.45. The van der Waals surface area contributed by atoms with Crippen LogP contribution >= 0.6 is 11.3 Å². The molecule has 8 nitrogen and oxygen atoms in total. The van der Waals surface area contributed by atoms with Crippen LogP contribution in [0.15, 0.2) is 77.9 Å². The molecule has 4 aromatic heterocycles. The number of pyridine rings is 1. The molecule has 0 aliphatic heterocycles. The summed E-state index contributed by atoms with van der Waals surface area (Å²) in [5.74, 6) is 1.00. The average molecular weight is 411 g/mol. The van der Waals surface area contributed by atoms with Gasteiger partial charge in [0.05, 0.1) is 21.1 Å². The Morgan fingerprint density at radius 1 is 0.933 bits per heavy atom. The van der Waals surface area contributed by atoms with E-state index in [-0.39, 0.29) is 5.56 Å². The van der Waals surface area contributed by atoms with Crippen LogP contribution in [0.2, 0.25) is 0 Å². The molecule has 0 aliphatic carbocycles. The standard InChI is InChI=1S/C21H13N7OS/c29-19-14-12-22-20-24-18(13-6-2-1-3-7-13)25-28(20)16(14)10-11-27(19)26-21-23-15-8-4-5-9-17(15)30-21/h1-12H,(H,23,26). The van der Waals surface area contributed by atoms with Gasteiger partial charge in [0.15, 0.2) is 5.82 Å². The number of rotatable bonds is 3. The van der Waals surface area contributed by atoms with Crippen LogP contribution < -0.4 is 11.0 Å². The summed E-state index contributed by atoms with van der Waals surface area (Å²) in [5, 5.41) is 5.63. The zero-order chi connectivity index (χ0) is 20.1. The highest BCUT2D eigenvalue weighted by Gasteiger charge is 2.13. The summed E-state index contributed by atoms with van der Waals surface area (Å²) in [6, 6.07) is 19.3. The third-order valence-corrected chi connectivity index (χ3v) is 5.72. The van der Waals surface area contributed by atoms with Gasteiger partial charge in [-0.05, 0) is 18.2 Å². The van der Waals surface area contributed by atoms with Crippen LogP contribution in [0.5, 0.6) is 0 Å². The number of hydrogen-bond acceptors (Lipinski definition) is 7. The second-order valence-corrected chi connectivity index (χ2v) is 7.69. The smallest absolute Gasteiger partial charge is 0.267 e. The zero-order valence-electron chi connectivity index (χ0n) is 15.4. The van der Waals surface area contributed by atoms with Crippen LogP contribution in [0.25, 0.3) is 38.3 Å². The van der Waals surface area contributed by atoms with E-state index in [4.69, 9.17) is 0 Å². The number of anilines is 1. The Labute approximate surface area is 173 Å². The van der Waals surface area contributed by atoms with Crippen LogP contribution in [0.4, 0.5) is 5.13 Å². The Morgan fingerprint density at radius 3 is 2.63 bits per heavy atom. The minimum Gasteiger partial charge on any atom is -0.267 e. The highest BCUT2D eigenvalue weighted by molar-refractivity contribution is 7.22. The number of nitrogens with zero attached hydrogens (tertiary/aromatic N) is 6. The minimum absolute atomic E-state index is 0.238. The number of aromatic nitrogens is 6. The first-order valence-corrected chi connectivity index (χ1v) is 10.0.